The maximum Gasteiger partial charge on any atom is 0.249 e. The molecule has 1 fully saturated rings. The Balaban J connectivity index is 1.98. The van der Waals surface area contributed by atoms with Crippen molar-refractivity contribution in [3.8, 4) is 0 Å². The van der Waals surface area contributed by atoms with E-state index in [1.807, 2.05) is 0 Å². The molecule has 2 aromatic rings. The van der Waals surface area contributed by atoms with E-state index in [4.69, 9.17) is 11.6 Å². The van der Waals surface area contributed by atoms with E-state index in [9.17, 15) is 8.78 Å². The van der Waals surface area contributed by atoms with Crippen molar-refractivity contribution >= 4 is 22.8 Å². The number of H-pyrrole nitrogens is 1. The highest BCUT2D eigenvalue weighted by Crippen LogP contribution is 2.47. The standard InChI is InChI=1S/C9H7ClF2N4/c10-6-5-8(14-3-13-6)16-7(15-5)4-1-9(11,12)2-4/h3-4H,1-2H2,(H,13,14,15,16). The monoisotopic (exact) mass is 244 g/mol. The molecule has 1 N–H and O–H groups in total. The molecule has 0 radical (unpaired) electrons. The second-order valence-electron chi connectivity index (χ2n) is 3.95. The Hall–Kier alpha value is -1.30. The maximum atomic E-state index is 12.7. The van der Waals surface area contributed by atoms with Crippen LogP contribution in [0.4, 0.5) is 8.78 Å². The molecule has 1 aliphatic carbocycles. The number of aromatic amines is 1. The van der Waals surface area contributed by atoms with E-state index in [1.54, 1.807) is 0 Å². The van der Waals surface area contributed by atoms with Gasteiger partial charge in [0.1, 0.15) is 17.7 Å². The smallest absolute Gasteiger partial charge is 0.249 e. The lowest BCUT2D eigenvalue weighted by Gasteiger charge is -2.33. The van der Waals surface area contributed by atoms with E-state index in [2.05, 4.69) is 19.9 Å². The summed E-state index contributed by atoms with van der Waals surface area (Å²) in [6.45, 7) is 0. The fourth-order valence-electron chi connectivity index (χ4n) is 1.87. The molecule has 2 heterocycles. The molecule has 7 heteroatoms. The third-order valence-electron chi connectivity index (χ3n) is 2.74. The number of fused-ring (bicyclic) bond motifs is 1. The summed E-state index contributed by atoms with van der Waals surface area (Å²) in [7, 11) is 0. The van der Waals surface area contributed by atoms with Crippen molar-refractivity contribution in [1.82, 2.24) is 19.9 Å². The SMILES string of the molecule is FC1(F)CC(c2nc3ncnc(Cl)c3[nH]2)C1. The van der Waals surface area contributed by atoms with Crippen molar-refractivity contribution in [2.45, 2.75) is 24.7 Å². The van der Waals surface area contributed by atoms with Crippen LogP contribution in [0, 0.1) is 0 Å². The second kappa shape index (κ2) is 3.10. The molecule has 84 valence electrons. The predicted octanol–water partition coefficient (Wildman–Crippen LogP) is 2.52. The zero-order valence-corrected chi connectivity index (χ0v) is 8.80. The van der Waals surface area contributed by atoms with Crippen molar-refractivity contribution < 1.29 is 8.78 Å². The summed E-state index contributed by atoms with van der Waals surface area (Å²) in [5, 5.41) is 0.259. The highest BCUT2D eigenvalue weighted by Gasteiger charge is 2.47. The highest BCUT2D eigenvalue weighted by atomic mass is 35.5. The fourth-order valence-corrected chi connectivity index (χ4v) is 2.04. The van der Waals surface area contributed by atoms with Crippen LogP contribution in [0.15, 0.2) is 6.33 Å². The molecule has 0 atom stereocenters. The van der Waals surface area contributed by atoms with Crippen molar-refractivity contribution in [2.24, 2.45) is 0 Å². The molecule has 1 aliphatic rings. The van der Waals surface area contributed by atoms with Gasteiger partial charge in [0.05, 0.1) is 0 Å². The Labute approximate surface area is 94.1 Å². The number of nitrogens with one attached hydrogen (secondary N) is 1. The minimum Gasteiger partial charge on any atom is -0.338 e. The van der Waals surface area contributed by atoms with E-state index < -0.39 is 5.92 Å². The van der Waals surface area contributed by atoms with E-state index in [0.717, 1.165) is 0 Å². The first kappa shape index (κ1) is 9.89. The van der Waals surface area contributed by atoms with E-state index in [0.29, 0.717) is 17.0 Å². The number of hydrogen-bond donors (Lipinski definition) is 1. The zero-order chi connectivity index (χ0) is 11.3. The van der Waals surface area contributed by atoms with Gasteiger partial charge in [-0.15, -0.1) is 0 Å². The lowest BCUT2D eigenvalue weighted by Crippen LogP contribution is -2.34. The topological polar surface area (TPSA) is 54.5 Å². The van der Waals surface area contributed by atoms with Gasteiger partial charge in [-0.3, -0.25) is 0 Å². The molecule has 4 nitrogen and oxygen atoms in total. The summed E-state index contributed by atoms with van der Waals surface area (Å²) in [6, 6.07) is 0. The molecule has 0 bridgehead atoms. The predicted molar refractivity (Wildman–Crippen MR) is 53.6 cm³/mol. The number of aromatic nitrogens is 4. The zero-order valence-electron chi connectivity index (χ0n) is 8.04. The van der Waals surface area contributed by atoms with Crippen LogP contribution in [0.1, 0.15) is 24.6 Å². The van der Waals surface area contributed by atoms with Crippen LogP contribution in [0.25, 0.3) is 11.2 Å². The van der Waals surface area contributed by atoms with Crippen LogP contribution in [0.5, 0.6) is 0 Å². The van der Waals surface area contributed by atoms with Gasteiger partial charge in [0.25, 0.3) is 0 Å². The molecule has 0 aromatic carbocycles. The summed E-state index contributed by atoms with van der Waals surface area (Å²) in [5.41, 5.74) is 0.930. The Morgan fingerprint density at radius 3 is 2.75 bits per heavy atom. The molecule has 16 heavy (non-hydrogen) atoms. The van der Waals surface area contributed by atoms with Crippen LogP contribution >= 0.6 is 11.6 Å². The van der Waals surface area contributed by atoms with Gasteiger partial charge >= 0.3 is 0 Å². The van der Waals surface area contributed by atoms with Crippen LogP contribution in [0.3, 0.4) is 0 Å². The van der Waals surface area contributed by atoms with Gasteiger partial charge < -0.3 is 4.98 Å². The van der Waals surface area contributed by atoms with Crippen LogP contribution in [-0.4, -0.2) is 25.9 Å². The fraction of sp³-hybridized carbons (Fsp3) is 0.444. The van der Waals surface area contributed by atoms with Gasteiger partial charge in [-0.05, 0) is 0 Å². The number of alkyl halides is 2. The Morgan fingerprint density at radius 2 is 2.12 bits per heavy atom. The summed E-state index contributed by atoms with van der Waals surface area (Å²) < 4.78 is 25.4. The Bertz CT molecular complexity index is 545. The van der Waals surface area contributed by atoms with E-state index in [-0.39, 0.29) is 23.9 Å². The van der Waals surface area contributed by atoms with Crippen LogP contribution in [0.2, 0.25) is 5.15 Å². The maximum absolute atomic E-state index is 12.7. The molecule has 1 saturated carbocycles. The number of imidazole rings is 1. The molecular weight excluding hydrogens is 238 g/mol. The molecule has 0 amide bonds. The van der Waals surface area contributed by atoms with Gasteiger partial charge in [-0.25, -0.2) is 23.7 Å². The minimum atomic E-state index is -2.56. The van der Waals surface area contributed by atoms with Crippen molar-refractivity contribution in [3.63, 3.8) is 0 Å². The first-order chi connectivity index (χ1) is 7.55. The number of nitrogens with zero attached hydrogens (tertiary/aromatic N) is 3. The molecule has 0 aliphatic heterocycles. The first-order valence-corrected chi connectivity index (χ1v) is 5.17. The Kier molecular flexibility index (Phi) is 1.92. The average Bonchev–Trinajstić information content (AvgIpc) is 2.59. The van der Waals surface area contributed by atoms with Gasteiger partial charge in [0.15, 0.2) is 10.8 Å². The Morgan fingerprint density at radius 1 is 1.38 bits per heavy atom. The lowest BCUT2D eigenvalue weighted by atomic mass is 9.81. The van der Waals surface area contributed by atoms with Crippen molar-refractivity contribution in [1.29, 1.82) is 0 Å². The van der Waals surface area contributed by atoms with Crippen molar-refractivity contribution in [3.05, 3.63) is 17.3 Å². The molecule has 0 spiro atoms. The second-order valence-corrected chi connectivity index (χ2v) is 4.30. The van der Waals surface area contributed by atoms with Gasteiger partial charge in [-0.2, -0.15) is 0 Å². The summed E-state index contributed by atoms with van der Waals surface area (Å²) in [5.74, 6) is -2.28. The van der Waals surface area contributed by atoms with Gasteiger partial charge in [-0.1, -0.05) is 11.6 Å². The summed E-state index contributed by atoms with van der Waals surface area (Å²) >= 11 is 5.82. The number of hydrogen-bond acceptors (Lipinski definition) is 3. The number of rotatable bonds is 1. The molecule has 2 aromatic heterocycles. The van der Waals surface area contributed by atoms with Gasteiger partial charge in [0.2, 0.25) is 5.92 Å². The van der Waals surface area contributed by atoms with E-state index >= 15 is 0 Å². The van der Waals surface area contributed by atoms with E-state index in [1.165, 1.54) is 6.33 Å². The summed E-state index contributed by atoms with van der Waals surface area (Å²) in [6.07, 6.45) is 0.959. The largest absolute Gasteiger partial charge is 0.338 e. The molecule has 0 saturated heterocycles. The van der Waals surface area contributed by atoms with Crippen LogP contribution < -0.4 is 0 Å². The third kappa shape index (κ3) is 1.44. The average molecular weight is 245 g/mol. The minimum absolute atomic E-state index is 0.169. The molecule has 3 rings (SSSR count). The summed E-state index contributed by atoms with van der Waals surface area (Å²) in [4.78, 5) is 14.7. The highest BCUT2D eigenvalue weighted by molar-refractivity contribution is 6.33. The number of halogens is 3. The molecular formula is C9H7ClF2N4. The van der Waals surface area contributed by atoms with Crippen molar-refractivity contribution in [2.75, 3.05) is 0 Å². The quantitative estimate of drug-likeness (QED) is 0.785. The lowest BCUT2D eigenvalue weighted by molar-refractivity contribution is -0.0883. The van der Waals surface area contributed by atoms with Crippen LogP contribution in [-0.2, 0) is 0 Å². The van der Waals surface area contributed by atoms with Gasteiger partial charge in [0, 0.05) is 18.8 Å². The normalized spacial score (nSPS) is 19.9. The third-order valence-corrected chi connectivity index (χ3v) is 3.02. The first-order valence-electron chi connectivity index (χ1n) is 4.79. The molecule has 0 unspecified atom stereocenters.